The maximum atomic E-state index is 16.4. The highest BCUT2D eigenvalue weighted by Gasteiger charge is 2.37. The van der Waals surface area contributed by atoms with Crippen LogP contribution in [0.4, 0.5) is 36.3 Å². The van der Waals surface area contributed by atoms with Gasteiger partial charge in [-0.1, -0.05) is 115 Å². The molecule has 562 valence electrons. The van der Waals surface area contributed by atoms with Crippen LogP contribution < -0.4 is 38.5 Å². The van der Waals surface area contributed by atoms with Crippen molar-refractivity contribution >= 4 is 130 Å². The second kappa shape index (κ2) is 32.6. The number of amides is 3. The minimum Gasteiger partial charge on any atom is -0.508 e. The highest BCUT2D eigenvalue weighted by Crippen LogP contribution is 2.45. The van der Waals surface area contributed by atoms with Gasteiger partial charge in [-0.05, 0) is 71.0 Å². The van der Waals surface area contributed by atoms with Gasteiger partial charge in [0.05, 0.1) is 98.1 Å². The van der Waals surface area contributed by atoms with Crippen molar-refractivity contribution in [1.82, 2.24) is 59.8 Å². The molecule has 0 bridgehead atoms. The van der Waals surface area contributed by atoms with Crippen molar-refractivity contribution in [3.8, 4) is 58.7 Å². The lowest BCUT2D eigenvalue weighted by Crippen LogP contribution is -2.55. The number of hydrogen-bond donors (Lipinski definition) is 2. The topological polar surface area (TPSA) is 298 Å². The number of nitrogens with zero attached hydrogens (tertiary/aromatic N) is 17. The number of phenolic OH excluding ortho intramolecular Hbond substituents is 1. The van der Waals surface area contributed by atoms with Crippen LogP contribution in [0.25, 0.3) is 65.4 Å². The molecule has 4 aliphatic rings. The van der Waals surface area contributed by atoms with Crippen LogP contribution in [0.3, 0.4) is 0 Å². The van der Waals surface area contributed by atoms with Crippen LogP contribution in [-0.2, 0) is 27.3 Å². The Kier molecular flexibility index (Phi) is 22.5. The average Bonchev–Trinajstić information content (AvgIpc) is 0.801. The summed E-state index contributed by atoms with van der Waals surface area (Å²) in [6, 6.07) is 31.3. The number of benzene rings is 6. The maximum Gasteiger partial charge on any atom is 0.318 e. The predicted octanol–water partition coefficient (Wildman–Crippen LogP) is 13.0. The summed E-state index contributed by atoms with van der Waals surface area (Å²) in [6.07, 6.45) is 4.86. The number of H-pyrrole nitrogens is 1. The minimum atomic E-state index is -1.03. The Balaban J connectivity index is 0.000000145. The molecule has 26 nitrogen and oxygen atoms in total. The number of carbonyl (C=O) groups excluding carboxylic acids is 3. The molecule has 0 unspecified atom stereocenters. The van der Waals surface area contributed by atoms with E-state index in [1.54, 1.807) is 34.1 Å². The lowest BCUT2D eigenvalue weighted by atomic mass is 9.94. The number of fused-ring (bicyclic) bond motifs is 6. The van der Waals surface area contributed by atoms with Gasteiger partial charge in [-0.15, -0.1) is 0 Å². The average molecular weight is 1550 g/mol. The number of methoxy groups -OCH3 is 3. The summed E-state index contributed by atoms with van der Waals surface area (Å²) in [4.78, 5) is 80.8. The number of hydrogen-bond acceptors (Lipinski definition) is 22. The van der Waals surface area contributed by atoms with Crippen LogP contribution in [0.2, 0.25) is 15.2 Å². The van der Waals surface area contributed by atoms with E-state index in [9.17, 15) is 38.8 Å². The third kappa shape index (κ3) is 15.2. The smallest absolute Gasteiger partial charge is 0.318 e. The molecule has 2 atom stereocenters. The first-order chi connectivity index (χ1) is 53.1. The molecule has 11 aromatic rings. The number of pyridine rings is 1. The van der Waals surface area contributed by atoms with Crippen LogP contribution in [0, 0.1) is 41.2 Å². The molecule has 4 aliphatic heterocycles. The molecule has 0 saturated carbocycles. The van der Waals surface area contributed by atoms with Gasteiger partial charge in [0, 0.05) is 112 Å². The third-order valence-electron chi connectivity index (χ3n) is 19.6. The highest BCUT2D eigenvalue weighted by atomic mass is 35.5. The van der Waals surface area contributed by atoms with E-state index in [2.05, 4.69) is 81.9 Å². The quantitative estimate of drug-likeness (QED) is 0.0712. The zero-order valence-corrected chi connectivity index (χ0v) is 62.2. The van der Waals surface area contributed by atoms with Crippen LogP contribution in [0.1, 0.15) is 29.7 Å². The number of piperazine rings is 3. The summed E-state index contributed by atoms with van der Waals surface area (Å²) >= 11 is 19.4. The van der Waals surface area contributed by atoms with E-state index in [0.717, 1.165) is 44.1 Å². The Bertz CT molecular complexity index is 5600. The van der Waals surface area contributed by atoms with Crippen molar-refractivity contribution in [2.24, 2.45) is 0 Å². The van der Waals surface area contributed by atoms with Gasteiger partial charge in [0.1, 0.15) is 50.2 Å². The van der Waals surface area contributed by atoms with Crippen LogP contribution in [0.5, 0.6) is 35.4 Å². The number of halogens is 6. The van der Waals surface area contributed by atoms with Gasteiger partial charge in [-0.2, -0.15) is 50.5 Å². The summed E-state index contributed by atoms with van der Waals surface area (Å²) in [7, 11) is 4.37. The van der Waals surface area contributed by atoms with Gasteiger partial charge in [-0.25, -0.2) is 13.2 Å². The van der Waals surface area contributed by atoms with Crippen LogP contribution >= 0.6 is 34.8 Å². The number of phenols is 1. The van der Waals surface area contributed by atoms with Crippen molar-refractivity contribution in [2.45, 2.75) is 44.8 Å². The normalized spacial score (nSPS) is 15.6. The van der Waals surface area contributed by atoms with Gasteiger partial charge < -0.3 is 58.4 Å². The number of aromatic hydroxyl groups is 1. The molecule has 15 rings (SSSR count). The molecule has 6 aromatic carbocycles. The van der Waals surface area contributed by atoms with Crippen LogP contribution in [0.15, 0.2) is 135 Å². The van der Waals surface area contributed by atoms with E-state index in [1.165, 1.54) is 50.6 Å². The number of ether oxygens (including phenoxy) is 4. The molecule has 3 fully saturated rings. The first-order valence-electron chi connectivity index (χ1n) is 34.7. The van der Waals surface area contributed by atoms with E-state index in [-0.39, 0.29) is 104 Å². The zero-order chi connectivity index (χ0) is 77.8. The summed E-state index contributed by atoms with van der Waals surface area (Å²) in [5, 5.41) is 41.1. The highest BCUT2D eigenvalue weighted by molar-refractivity contribution is 6.35. The van der Waals surface area contributed by atoms with E-state index in [0.29, 0.717) is 123 Å². The lowest BCUT2D eigenvalue weighted by Gasteiger charge is -2.42. The first-order valence-corrected chi connectivity index (χ1v) is 35.8. The summed E-state index contributed by atoms with van der Waals surface area (Å²) in [5.74, 6) is -1.56. The number of nitrogens with one attached hydrogen (secondary N) is 1. The molecule has 9 heterocycles. The molecule has 0 spiro atoms. The standard InChI is InChI=1S/C29H25ClFN5O2.C27H27FN6O3.C22H18Cl2FN7O3/c1-4-23(37)36-14-13-35(16-19(36)11-12-32)28-21-15-22(30)25(26(31)27(21)33-29(34-28)38-3)20-10-6-9-18-8-5-7-17(2)24(18)20;1-17(28)26(36)34-12-11-33(15-19(34)7-9-29)25-22-8-10-32(16-23(22)30-27(31-25)37-2)24-14-20(35)13-18-5-3-4-6-21(18)24;1-3-16(33)31-4-6-32(7-5-31)20-11-8-15(23)27-21(18(11)28-22(29-20)34-2)35-19-12-10-26-30-14(12)9-13(25)17(19)24/h4-10,15,19H,1,11,13-14,16H2,2-3H3;3-6,13-14,19,35H,1,7-8,10-12,15-16H2,2H3;3,8-10H,1,4-7H2,2H3,(H,26,30)/t2*19-;/m00./s1. The van der Waals surface area contributed by atoms with Crippen LogP contribution in [-0.4, -0.2) is 188 Å². The van der Waals surface area contributed by atoms with E-state index < -0.39 is 29.4 Å². The molecular formula is C78H70Cl3F3N18O8. The van der Waals surface area contributed by atoms with Crippen molar-refractivity contribution < 1.29 is 51.6 Å². The summed E-state index contributed by atoms with van der Waals surface area (Å²) in [5.41, 5.74) is 5.42. The Morgan fingerprint density at radius 2 is 1.27 bits per heavy atom. The fraction of sp³-hybridized carbons (Fsp3) is 0.269. The molecule has 110 heavy (non-hydrogen) atoms. The number of nitriles is 2. The fourth-order valence-corrected chi connectivity index (χ4v) is 15.0. The van der Waals surface area contributed by atoms with Gasteiger partial charge in [-0.3, -0.25) is 19.5 Å². The predicted molar refractivity (Wildman–Crippen MR) is 413 cm³/mol. The Labute approximate surface area is 643 Å². The van der Waals surface area contributed by atoms with Crippen molar-refractivity contribution in [3.05, 3.63) is 179 Å². The lowest BCUT2D eigenvalue weighted by molar-refractivity contribution is -0.131. The number of anilines is 4. The van der Waals surface area contributed by atoms with E-state index in [4.69, 9.17) is 53.8 Å². The Hall–Kier alpha value is -12.3. The first kappa shape index (κ1) is 75.9. The molecule has 0 radical (unpaired) electrons. The number of carbonyl (C=O) groups is 3. The molecule has 2 N–H and O–H groups in total. The molecule has 3 amide bonds. The molecule has 32 heteroatoms. The van der Waals surface area contributed by atoms with E-state index >= 15 is 4.39 Å². The van der Waals surface area contributed by atoms with Gasteiger partial charge in [0.15, 0.2) is 17.4 Å². The number of aromatic amines is 1. The fourth-order valence-electron chi connectivity index (χ4n) is 14.4. The number of aryl methyl sites for hydroxylation is 1. The van der Waals surface area contributed by atoms with Crippen molar-refractivity contribution in [3.63, 3.8) is 0 Å². The Morgan fingerprint density at radius 3 is 1.95 bits per heavy atom. The third-order valence-corrected chi connectivity index (χ3v) is 20.4. The van der Waals surface area contributed by atoms with Crippen molar-refractivity contribution in [1.29, 1.82) is 10.5 Å². The van der Waals surface area contributed by atoms with E-state index in [1.807, 2.05) is 82.3 Å². The van der Waals surface area contributed by atoms with Gasteiger partial charge in [0.25, 0.3) is 5.91 Å². The maximum absolute atomic E-state index is 16.4. The summed E-state index contributed by atoms with van der Waals surface area (Å²) in [6.45, 7) is 17.5. The molecule has 5 aromatic heterocycles. The summed E-state index contributed by atoms with van der Waals surface area (Å²) < 4.78 is 66.5. The molecular weight excluding hydrogens is 1480 g/mol. The zero-order valence-electron chi connectivity index (χ0n) is 60.0. The monoisotopic (exact) mass is 1550 g/mol. The minimum absolute atomic E-state index is 0.00933. The second-order valence-electron chi connectivity index (χ2n) is 26.0. The molecule has 3 saturated heterocycles. The Morgan fingerprint density at radius 1 is 0.664 bits per heavy atom. The van der Waals surface area contributed by atoms with Gasteiger partial charge in [0.2, 0.25) is 17.7 Å². The second-order valence-corrected chi connectivity index (χ2v) is 27.1. The van der Waals surface area contributed by atoms with Crippen molar-refractivity contribution in [2.75, 3.05) is 113 Å². The van der Waals surface area contributed by atoms with Gasteiger partial charge >= 0.3 is 18.0 Å². The largest absolute Gasteiger partial charge is 0.508 e. The molecule has 0 aliphatic carbocycles. The SMILES string of the molecule is C=C(F)C(=O)N1CCN(c2nc(OC)nc3c2CCN(c2cc(O)cc4ccccc24)C3)C[C@@H]1CC#N.C=CC(=O)N1CCN(c2nc(OC)nc3c(F)c(-c4cccc5cccc(C)c45)c(Cl)cc23)C[C@@H]1CC#N.C=CC(=O)N1CCN(c2nc(OC)nc3c(Oc4c(Cl)c(F)cc5[nH]ncc45)nc(Cl)cc23)CC1. The number of rotatable bonds is 15. The number of aromatic nitrogens is 9.